The zero-order valence-corrected chi connectivity index (χ0v) is 25.0. The number of fused-ring (bicyclic) bond motifs is 6. The number of hydrogen-bond acceptors (Lipinski definition) is 7. The van der Waals surface area contributed by atoms with Crippen molar-refractivity contribution in [3.63, 3.8) is 0 Å². The number of nitrogens with zero attached hydrogens (tertiary/aromatic N) is 4. The van der Waals surface area contributed by atoms with Gasteiger partial charge in [0.1, 0.15) is 11.6 Å². The monoisotopic (exact) mass is 561 g/mol. The van der Waals surface area contributed by atoms with E-state index in [-0.39, 0.29) is 27.6 Å². The van der Waals surface area contributed by atoms with Crippen LogP contribution in [-0.2, 0) is 15.4 Å². The number of carbonyl (C=O) groups is 1. The Bertz CT molecular complexity index is 1520. The van der Waals surface area contributed by atoms with Crippen LogP contribution in [0.5, 0.6) is 0 Å². The van der Waals surface area contributed by atoms with E-state index >= 15 is 0 Å². The molecule has 1 amide bonds. The van der Waals surface area contributed by atoms with Gasteiger partial charge in [0.2, 0.25) is 0 Å². The quantitative estimate of drug-likeness (QED) is 0.421. The largest absolute Gasteiger partial charge is 0.353 e. The van der Waals surface area contributed by atoms with E-state index < -0.39 is 15.9 Å². The number of benzene rings is 1. The highest BCUT2D eigenvalue weighted by atomic mass is 32.2. The molecule has 0 saturated carbocycles. The summed E-state index contributed by atoms with van der Waals surface area (Å²) in [7, 11) is -2.29. The van der Waals surface area contributed by atoms with Gasteiger partial charge >= 0.3 is 0 Å². The van der Waals surface area contributed by atoms with Crippen molar-refractivity contribution >= 4 is 27.6 Å². The molecule has 4 heterocycles. The second kappa shape index (κ2) is 10.2. The van der Waals surface area contributed by atoms with Crippen molar-refractivity contribution in [2.24, 2.45) is 5.92 Å². The average Bonchev–Trinajstić information content (AvgIpc) is 3.21. The molecule has 2 aliphatic rings. The first-order valence-corrected chi connectivity index (χ1v) is 15.4. The van der Waals surface area contributed by atoms with Crippen LogP contribution in [0.2, 0.25) is 0 Å². The molecule has 0 aliphatic carbocycles. The van der Waals surface area contributed by atoms with Crippen molar-refractivity contribution in [2.75, 3.05) is 23.4 Å². The molecule has 0 spiro atoms. The first-order valence-electron chi connectivity index (χ1n) is 13.9. The summed E-state index contributed by atoms with van der Waals surface area (Å²) in [4.78, 5) is 27.3. The number of anilines is 2. The SMILES string of the molecule is CN1c2cccc(n2)S(=O)(=O)NC(=O)c2ccc(C(C)(C)C)nc2N2C[C@@H](CC[C@H]1c1ccccc1)CC2(C)C. The van der Waals surface area contributed by atoms with Gasteiger partial charge in [-0.2, -0.15) is 8.42 Å². The molecule has 2 aliphatic heterocycles. The molecule has 212 valence electrons. The third-order valence-corrected chi connectivity index (χ3v) is 9.41. The van der Waals surface area contributed by atoms with E-state index in [4.69, 9.17) is 4.98 Å². The van der Waals surface area contributed by atoms with Crippen LogP contribution in [0.15, 0.2) is 65.7 Å². The maximum atomic E-state index is 13.6. The molecule has 2 aromatic heterocycles. The highest BCUT2D eigenvalue weighted by molar-refractivity contribution is 7.90. The Morgan fingerprint density at radius 1 is 0.950 bits per heavy atom. The normalized spacial score (nSPS) is 22.6. The van der Waals surface area contributed by atoms with Crippen LogP contribution in [-0.4, -0.2) is 43.4 Å². The van der Waals surface area contributed by atoms with Gasteiger partial charge in [0.15, 0.2) is 5.03 Å². The standard InChI is InChI=1S/C31H39N5O3S/c1-30(2,3)25-18-16-23-28(32-25)36-20-21(19-31(36,4)5)15-17-24(22-11-8-7-9-12-22)35(6)26-13-10-14-27(33-26)40(38,39)34-29(23)37/h7-14,16,18,21,24H,15,17,19-20H2,1-6H3,(H,34,37)/t21-,24-/m0/s1. The molecule has 5 rings (SSSR count). The second-order valence-electron chi connectivity index (χ2n) is 12.7. The van der Waals surface area contributed by atoms with Gasteiger partial charge in [0.25, 0.3) is 15.9 Å². The minimum absolute atomic E-state index is 0.00133. The van der Waals surface area contributed by atoms with Crippen LogP contribution in [0.1, 0.15) is 81.5 Å². The highest BCUT2D eigenvalue weighted by Gasteiger charge is 2.41. The van der Waals surface area contributed by atoms with Crippen molar-refractivity contribution in [2.45, 2.75) is 75.9 Å². The molecule has 1 aromatic carbocycles. The molecule has 40 heavy (non-hydrogen) atoms. The molecule has 1 saturated heterocycles. The molecule has 9 heteroatoms. The highest BCUT2D eigenvalue weighted by Crippen LogP contribution is 2.42. The Hall–Kier alpha value is -3.46. The summed E-state index contributed by atoms with van der Waals surface area (Å²) >= 11 is 0. The lowest BCUT2D eigenvalue weighted by molar-refractivity contribution is 0.0981. The number of carbonyl (C=O) groups excluding carboxylic acids is 1. The number of aromatic nitrogens is 2. The predicted molar refractivity (Wildman–Crippen MR) is 158 cm³/mol. The molecular weight excluding hydrogens is 522 g/mol. The Kier molecular flexibility index (Phi) is 7.15. The zero-order valence-electron chi connectivity index (χ0n) is 24.2. The maximum absolute atomic E-state index is 13.6. The van der Waals surface area contributed by atoms with Crippen molar-refractivity contribution in [1.82, 2.24) is 14.7 Å². The molecule has 1 fully saturated rings. The molecule has 2 atom stereocenters. The number of nitrogens with one attached hydrogen (secondary N) is 1. The minimum atomic E-state index is -4.24. The summed E-state index contributed by atoms with van der Waals surface area (Å²) < 4.78 is 29.2. The van der Waals surface area contributed by atoms with E-state index in [1.165, 1.54) is 6.07 Å². The molecule has 0 radical (unpaired) electrons. The van der Waals surface area contributed by atoms with Crippen molar-refractivity contribution in [1.29, 1.82) is 0 Å². The van der Waals surface area contributed by atoms with Crippen molar-refractivity contribution in [3.8, 4) is 0 Å². The van der Waals surface area contributed by atoms with Crippen molar-refractivity contribution in [3.05, 3.63) is 77.5 Å². The number of amides is 1. The third kappa shape index (κ3) is 5.44. The molecule has 1 N–H and O–H groups in total. The average molecular weight is 562 g/mol. The molecule has 8 nitrogen and oxygen atoms in total. The molecule has 3 aromatic rings. The topological polar surface area (TPSA) is 95.5 Å². The fraction of sp³-hybridized carbons (Fsp3) is 0.452. The van der Waals surface area contributed by atoms with Gasteiger partial charge in [0, 0.05) is 30.2 Å². The Morgan fingerprint density at radius 3 is 2.38 bits per heavy atom. The maximum Gasteiger partial charge on any atom is 0.281 e. The van der Waals surface area contributed by atoms with E-state index in [2.05, 4.69) is 61.4 Å². The van der Waals surface area contributed by atoms with Crippen LogP contribution >= 0.6 is 0 Å². The van der Waals surface area contributed by atoms with Gasteiger partial charge in [-0.3, -0.25) is 4.79 Å². The smallest absolute Gasteiger partial charge is 0.281 e. The van der Waals surface area contributed by atoms with Gasteiger partial charge in [-0.15, -0.1) is 0 Å². The summed E-state index contributed by atoms with van der Waals surface area (Å²) in [6.45, 7) is 11.3. The van der Waals surface area contributed by atoms with E-state index in [0.29, 0.717) is 17.6 Å². The Balaban J connectivity index is 1.66. The van der Waals surface area contributed by atoms with E-state index in [9.17, 15) is 13.2 Å². The summed E-state index contributed by atoms with van der Waals surface area (Å²) in [5.41, 5.74) is 1.73. The van der Waals surface area contributed by atoms with Gasteiger partial charge in [-0.05, 0) is 68.9 Å². The summed E-state index contributed by atoms with van der Waals surface area (Å²) in [5.74, 6) is 0.726. The van der Waals surface area contributed by atoms with Gasteiger partial charge in [-0.1, -0.05) is 57.2 Å². The summed E-state index contributed by atoms with van der Waals surface area (Å²) in [5, 5.41) is -0.199. The third-order valence-electron chi connectivity index (χ3n) is 8.18. The fourth-order valence-electron chi connectivity index (χ4n) is 5.99. The Labute approximate surface area is 237 Å². The summed E-state index contributed by atoms with van der Waals surface area (Å²) in [6, 6.07) is 18.7. The first-order chi connectivity index (χ1) is 18.8. The molecule has 0 unspecified atom stereocenters. The van der Waals surface area contributed by atoms with Gasteiger partial charge in [-0.25, -0.2) is 14.7 Å². The van der Waals surface area contributed by atoms with Crippen LogP contribution < -0.4 is 14.5 Å². The van der Waals surface area contributed by atoms with Crippen LogP contribution in [0.4, 0.5) is 11.6 Å². The first kappa shape index (κ1) is 28.1. The second-order valence-corrected chi connectivity index (χ2v) is 14.3. The lowest BCUT2D eigenvalue weighted by Gasteiger charge is -2.34. The van der Waals surface area contributed by atoms with Crippen molar-refractivity contribution < 1.29 is 13.2 Å². The van der Waals surface area contributed by atoms with Crippen LogP contribution in [0.3, 0.4) is 0 Å². The van der Waals surface area contributed by atoms with Gasteiger partial charge < -0.3 is 9.80 Å². The molecule has 4 bridgehead atoms. The minimum Gasteiger partial charge on any atom is -0.353 e. The number of sulfonamides is 1. The number of pyridine rings is 2. The predicted octanol–water partition coefficient (Wildman–Crippen LogP) is 5.47. The number of rotatable bonds is 1. The zero-order chi connectivity index (χ0) is 28.9. The fourth-order valence-corrected chi connectivity index (χ4v) is 6.92. The lowest BCUT2D eigenvalue weighted by atomic mass is 9.90. The molecular formula is C31H39N5O3S. The van der Waals surface area contributed by atoms with E-state index in [1.54, 1.807) is 12.1 Å². The number of hydrogen-bond donors (Lipinski definition) is 1. The van der Waals surface area contributed by atoms with Crippen LogP contribution in [0, 0.1) is 5.92 Å². The van der Waals surface area contributed by atoms with Crippen LogP contribution in [0.25, 0.3) is 0 Å². The summed E-state index contributed by atoms with van der Waals surface area (Å²) in [6.07, 6.45) is 2.77. The van der Waals surface area contributed by atoms with Gasteiger partial charge in [0.05, 0.1) is 11.6 Å². The lowest BCUT2D eigenvalue weighted by Crippen LogP contribution is -2.41. The van der Waals surface area contributed by atoms with E-state index in [1.807, 2.05) is 42.3 Å². The Morgan fingerprint density at radius 2 is 1.68 bits per heavy atom. The van der Waals surface area contributed by atoms with E-state index in [0.717, 1.165) is 37.1 Å².